The van der Waals surface area contributed by atoms with E-state index in [4.69, 9.17) is 5.73 Å². The maximum absolute atomic E-state index is 12.2. The predicted molar refractivity (Wildman–Crippen MR) is 73.2 cm³/mol. The number of fused-ring (bicyclic) bond motifs is 1. The van der Waals surface area contributed by atoms with Gasteiger partial charge < -0.3 is 11.1 Å². The molecule has 2 unspecified atom stereocenters. The number of hydrogen-bond acceptors (Lipinski definition) is 2. The number of benzene rings is 1. The van der Waals surface area contributed by atoms with Crippen molar-refractivity contribution in [1.29, 1.82) is 0 Å². The molecule has 3 nitrogen and oxygen atoms in total. The lowest BCUT2D eigenvalue weighted by molar-refractivity contribution is -0.117. The number of aryl methyl sites for hydroxylation is 1. The summed E-state index contributed by atoms with van der Waals surface area (Å²) in [5.41, 5.74) is 8.47. The molecule has 1 amide bonds. The van der Waals surface area contributed by atoms with Gasteiger partial charge in [0, 0.05) is 17.3 Å². The average Bonchev–Trinajstić information content (AvgIpc) is 3.08. The number of carbonyl (C=O) groups is 1. The summed E-state index contributed by atoms with van der Waals surface area (Å²) in [5.74, 6) is 1.76. The second-order valence-electron chi connectivity index (χ2n) is 5.70. The number of anilines is 2. The Balaban J connectivity index is 1.66. The van der Waals surface area contributed by atoms with Gasteiger partial charge in [-0.25, -0.2) is 0 Å². The Kier molecular flexibility index (Phi) is 2.77. The molecule has 18 heavy (non-hydrogen) atoms. The van der Waals surface area contributed by atoms with Gasteiger partial charge in [0.15, 0.2) is 0 Å². The van der Waals surface area contributed by atoms with Gasteiger partial charge in [0.1, 0.15) is 0 Å². The van der Waals surface area contributed by atoms with Crippen LogP contribution in [0.3, 0.4) is 0 Å². The normalized spacial score (nSPS) is 29.5. The largest absolute Gasteiger partial charge is 0.398 e. The van der Waals surface area contributed by atoms with E-state index in [-0.39, 0.29) is 11.8 Å². The Labute approximate surface area is 108 Å². The molecule has 2 saturated carbocycles. The zero-order valence-corrected chi connectivity index (χ0v) is 10.8. The fraction of sp³-hybridized carbons (Fsp3) is 0.533. The van der Waals surface area contributed by atoms with Gasteiger partial charge in [0.05, 0.1) is 0 Å². The standard InChI is InChI=1S/C15H20N2O/c1-9-6-7-10(8-13(9)16)17-15(18)14-11-4-2-3-5-12(11)14/h6-8,11-12,14H,2-5,16H2,1H3,(H,17,18). The minimum atomic E-state index is 0.190. The molecule has 0 aliphatic heterocycles. The maximum Gasteiger partial charge on any atom is 0.228 e. The first-order valence-electron chi connectivity index (χ1n) is 6.84. The fourth-order valence-corrected chi connectivity index (χ4v) is 3.33. The third-order valence-corrected chi connectivity index (χ3v) is 4.51. The van der Waals surface area contributed by atoms with Crippen molar-refractivity contribution >= 4 is 17.3 Å². The van der Waals surface area contributed by atoms with Crippen LogP contribution < -0.4 is 11.1 Å². The Bertz CT molecular complexity index is 471. The molecule has 96 valence electrons. The lowest BCUT2D eigenvalue weighted by Gasteiger charge is -2.07. The van der Waals surface area contributed by atoms with Crippen molar-refractivity contribution in [2.24, 2.45) is 17.8 Å². The molecule has 2 aliphatic rings. The van der Waals surface area contributed by atoms with Gasteiger partial charge in [-0.15, -0.1) is 0 Å². The van der Waals surface area contributed by atoms with Crippen molar-refractivity contribution in [2.45, 2.75) is 32.6 Å². The highest BCUT2D eigenvalue weighted by Crippen LogP contribution is 2.55. The zero-order valence-electron chi connectivity index (χ0n) is 10.8. The summed E-state index contributed by atoms with van der Waals surface area (Å²) in [4.78, 5) is 12.2. The molecule has 3 N–H and O–H groups in total. The molecule has 3 heteroatoms. The van der Waals surface area contributed by atoms with E-state index in [2.05, 4.69) is 5.32 Å². The average molecular weight is 244 g/mol. The third-order valence-electron chi connectivity index (χ3n) is 4.51. The van der Waals surface area contributed by atoms with Crippen LogP contribution in [0.15, 0.2) is 18.2 Å². The lowest BCUT2D eigenvalue weighted by atomic mass is 10.0. The summed E-state index contributed by atoms with van der Waals surface area (Å²) >= 11 is 0. The van der Waals surface area contributed by atoms with Gasteiger partial charge in [-0.05, 0) is 49.3 Å². The van der Waals surface area contributed by atoms with E-state index in [1.165, 1.54) is 25.7 Å². The minimum Gasteiger partial charge on any atom is -0.398 e. The maximum atomic E-state index is 12.2. The number of nitrogens with one attached hydrogen (secondary N) is 1. The van der Waals surface area contributed by atoms with Gasteiger partial charge in [-0.2, -0.15) is 0 Å². The van der Waals surface area contributed by atoms with E-state index in [9.17, 15) is 4.79 Å². The Hall–Kier alpha value is -1.51. The van der Waals surface area contributed by atoms with Crippen molar-refractivity contribution in [1.82, 2.24) is 0 Å². The summed E-state index contributed by atoms with van der Waals surface area (Å²) in [6.45, 7) is 1.97. The molecule has 1 aromatic rings. The highest BCUT2D eigenvalue weighted by atomic mass is 16.2. The van der Waals surface area contributed by atoms with Crippen LogP contribution in [0.2, 0.25) is 0 Å². The van der Waals surface area contributed by atoms with Crippen molar-refractivity contribution in [3.8, 4) is 0 Å². The molecule has 1 aromatic carbocycles. The second kappa shape index (κ2) is 4.30. The molecule has 2 fully saturated rings. The van der Waals surface area contributed by atoms with Crippen molar-refractivity contribution in [2.75, 3.05) is 11.1 Å². The van der Waals surface area contributed by atoms with Crippen LogP contribution in [0.1, 0.15) is 31.2 Å². The monoisotopic (exact) mass is 244 g/mol. The quantitative estimate of drug-likeness (QED) is 0.786. The minimum absolute atomic E-state index is 0.190. The smallest absolute Gasteiger partial charge is 0.228 e. The van der Waals surface area contributed by atoms with E-state index in [0.717, 1.165) is 16.9 Å². The molecular formula is C15H20N2O. The van der Waals surface area contributed by atoms with Crippen LogP contribution in [0.5, 0.6) is 0 Å². The number of amides is 1. The Morgan fingerprint density at radius 1 is 1.28 bits per heavy atom. The summed E-state index contributed by atoms with van der Waals surface area (Å²) in [6.07, 6.45) is 5.06. The highest BCUT2D eigenvalue weighted by molar-refractivity contribution is 5.95. The van der Waals surface area contributed by atoms with Crippen LogP contribution >= 0.6 is 0 Å². The molecule has 2 atom stereocenters. The fourth-order valence-electron chi connectivity index (χ4n) is 3.33. The first-order valence-corrected chi connectivity index (χ1v) is 6.84. The number of nitrogens with two attached hydrogens (primary N) is 1. The van der Waals surface area contributed by atoms with Crippen LogP contribution in [-0.4, -0.2) is 5.91 Å². The summed E-state index contributed by atoms with van der Waals surface area (Å²) in [6, 6.07) is 5.72. The van der Waals surface area contributed by atoms with E-state index in [1.807, 2.05) is 25.1 Å². The highest BCUT2D eigenvalue weighted by Gasteiger charge is 2.54. The molecular weight excluding hydrogens is 224 g/mol. The number of hydrogen-bond donors (Lipinski definition) is 2. The van der Waals surface area contributed by atoms with Gasteiger partial charge in [-0.1, -0.05) is 18.9 Å². The van der Waals surface area contributed by atoms with E-state index >= 15 is 0 Å². The molecule has 0 radical (unpaired) electrons. The molecule has 0 saturated heterocycles. The van der Waals surface area contributed by atoms with Crippen LogP contribution in [-0.2, 0) is 4.79 Å². The summed E-state index contributed by atoms with van der Waals surface area (Å²) in [7, 11) is 0. The first kappa shape index (κ1) is 11.6. The first-order chi connectivity index (χ1) is 8.66. The summed E-state index contributed by atoms with van der Waals surface area (Å²) in [5, 5.41) is 3.01. The van der Waals surface area contributed by atoms with Crippen molar-refractivity contribution in [3.05, 3.63) is 23.8 Å². The SMILES string of the molecule is Cc1ccc(NC(=O)C2C3CCCCC32)cc1N. The van der Waals surface area contributed by atoms with E-state index in [1.54, 1.807) is 0 Å². The van der Waals surface area contributed by atoms with Gasteiger partial charge >= 0.3 is 0 Å². The van der Waals surface area contributed by atoms with E-state index in [0.29, 0.717) is 11.8 Å². The topological polar surface area (TPSA) is 55.1 Å². The molecule has 0 heterocycles. The van der Waals surface area contributed by atoms with Gasteiger partial charge in [0.2, 0.25) is 5.91 Å². The third kappa shape index (κ3) is 1.98. The molecule has 0 aromatic heterocycles. The van der Waals surface area contributed by atoms with Crippen molar-refractivity contribution < 1.29 is 4.79 Å². The predicted octanol–water partition coefficient (Wildman–Crippen LogP) is 2.95. The Morgan fingerprint density at radius 2 is 1.94 bits per heavy atom. The van der Waals surface area contributed by atoms with Crippen LogP contribution in [0.25, 0.3) is 0 Å². The number of carbonyl (C=O) groups excluding carboxylic acids is 1. The van der Waals surface area contributed by atoms with E-state index < -0.39 is 0 Å². The number of nitrogen functional groups attached to an aromatic ring is 1. The van der Waals surface area contributed by atoms with Crippen molar-refractivity contribution in [3.63, 3.8) is 0 Å². The molecule has 0 bridgehead atoms. The van der Waals surface area contributed by atoms with Gasteiger partial charge in [0.25, 0.3) is 0 Å². The lowest BCUT2D eigenvalue weighted by Crippen LogP contribution is -2.15. The molecule has 2 aliphatic carbocycles. The van der Waals surface area contributed by atoms with Crippen LogP contribution in [0, 0.1) is 24.7 Å². The molecule has 3 rings (SSSR count). The van der Waals surface area contributed by atoms with Crippen LogP contribution in [0.4, 0.5) is 11.4 Å². The molecule has 0 spiro atoms. The van der Waals surface area contributed by atoms with Gasteiger partial charge in [-0.3, -0.25) is 4.79 Å². The second-order valence-corrected chi connectivity index (χ2v) is 5.70. The number of rotatable bonds is 2. The Morgan fingerprint density at radius 3 is 2.56 bits per heavy atom. The zero-order chi connectivity index (χ0) is 12.7. The summed E-state index contributed by atoms with van der Waals surface area (Å²) < 4.78 is 0.